The Morgan fingerprint density at radius 3 is 0.881 bits per heavy atom. The van der Waals surface area contributed by atoms with Crippen molar-refractivity contribution < 1.29 is 0 Å². The molecule has 0 saturated heterocycles. The summed E-state index contributed by atoms with van der Waals surface area (Å²) in [4.78, 5) is 10.1. The first-order chi connectivity index (χ1) is 33.1. The van der Waals surface area contributed by atoms with Crippen LogP contribution in [0.1, 0.15) is 9.75 Å². The predicted molar refractivity (Wildman–Crippen MR) is 293 cm³/mol. The van der Waals surface area contributed by atoms with Gasteiger partial charge in [0, 0.05) is 62.6 Å². The van der Waals surface area contributed by atoms with Crippen LogP contribution in [0.2, 0.25) is 0 Å². The van der Waals surface area contributed by atoms with Gasteiger partial charge in [-0.3, -0.25) is 0 Å². The highest BCUT2D eigenvalue weighted by atomic mass is 32.1. The highest BCUT2D eigenvalue weighted by molar-refractivity contribution is 7.26. The van der Waals surface area contributed by atoms with Crippen molar-refractivity contribution in [2.24, 2.45) is 0 Å². The Kier molecular flexibility index (Phi) is 11.0. The molecule has 0 atom stereocenters. The molecule has 2 nitrogen and oxygen atoms in total. The molecule has 12 aromatic rings. The van der Waals surface area contributed by atoms with Gasteiger partial charge in [0.1, 0.15) is 11.0 Å². The summed E-state index contributed by atoms with van der Waals surface area (Å²) in [5.41, 5.74) is 18.8. The van der Waals surface area contributed by atoms with E-state index in [9.17, 15) is 0 Å². The molecule has 0 fully saturated rings. The van der Waals surface area contributed by atoms with Gasteiger partial charge in [-0.25, -0.2) is 0 Å². The minimum Gasteiger partial charge on any atom is -0.172 e. The maximum Gasteiger partial charge on any atom is 0.114 e. The lowest BCUT2D eigenvalue weighted by Crippen LogP contribution is -1.88. The Labute approximate surface area is 410 Å². The number of thiophene rings is 4. The minimum absolute atomic E-state index is 0.924. The molecule has 5 heterocycles. The number of aryl methyl sites for hydroxylation is 2. The fourth-order valence-electron chi connectivity index (χ4n) is 9.34. The maximum absolute atomic E-state index is 5.20. The average Bonchev–Trinajstić information content (AvgIpc) is 4.25. The van der Waals surface area contributed by atoms with E-state index in [1.54, 1.807) is 0 Å². The Bertz CT molecular complexity index is 3430. The van der Waals surface area contributed by atoms with Crippen molar-refractivity contribution in [3.63, 3.8) is 0 Å². The van der Waals surface area contributed by atoms with Gasteiger partial charge in [-0.15, -0.1) is 45.3 Å². The first-order valence-corrected chi connectivity index (χ1v) is 26.2. The fraction of sp³-hybridized carbons (Fsp3) is 0.0333. The van der Waals surface area contributed by atoms with Gasteiger partial charge in [0.05, 0.1) is 21.5 Å². The zero-order valence-corrected chi connectivity index (χ0v) is 40.6. The predicted octanol–water partition coefficient (Wildman–Crippen LogP) is 19.2. The van der Waals surface area contributed by atoms with Crippen LogP contribution in [0.4, 0.5) is 0 Å². The van der Waals surface area contributed by atoms with Gasteiger partial charge in [0.15, 0.2) is 0 Å². The van der Waals surface area contributed by atoms with Crippen LogP contribution in [-0.2, 0) is 0 Å². The van der Waals surface area contributed by atoms with E-state index in [1.165, 1.54) is 118 Å². The van der Waals surface area contributed by atoms with E-state index in [0.29, 0.717) is 0 Å². The highest BCUT2D eigenvalue weighted by Crippen LogP contribution is 2.58. The molecule has 0 spiro atoms. The molecule has 12 rings (SSSR count). The number of hydrogen-bond acceptors (Lipinski definition) is 7. The third kappa shape index (κ3) is 7.54. The number of aromatic nitrogens is 2. The van der Waals surface area contributed by atoms with Gasteiger partial charge in [-0.1, -0.05) is 194 Å². The summed E-state index contributed by atoms with van der Waals surface area (Å²) in [5, 5.41) is 0. The quantitative estimate of drug-likeness (QED) is 0.137. The van der Waals surface area contributed by atoms with Crippen LogP contribution in [0.25, 0.3) is 118 Å². The molecule has 0 unspecified atom stereocenters. The summed E-state index contributed by atoms with van der Waals surface area (Å²) in [5.74, 6) is 0. The Morgan fingerprint density at radius 1 is 0.284 bits per heavy atom. The van der Waals surface area contributed by atoms with Crippen LogP contribution < -0.4 is 0 Å². The summed E-state index contributed by atoms with van der Waals surface area (Å²) >= 11 is 8.80. The fourth-order valence-corrected chi connectivity index (χ4v) is 15.0. The van der Waals surface area contributed by atoms with Gasteiger partial charge < -0.3 is 0 Å². The van der Waals surface area contributed by atoms with Crippen LogP contribution in [0.3, 0.4) is 0 Å². The normalized spacial score (nSPS) is 11.4. The second-order valence-electron chi connectivity index (χ2n) is 16.5. The van der Waals surface area contributed by atoms with Crippen LogP contribution in [0, 0.1) is 13.8 Å². The molecule has 0 amide bonds. The first kappa shape index (κ1) is 41.6. The molecule has 0 aliphatic carbocycles. The van der Waals surface area contributed by atoms with Gasteiger partial charge in [-0.2, -0.15) is 8.75 Å². The number of benzene rings is 7. The summed E-state index contributed by atoms with van der Waals surface area (Å²) in [6.07, 6.45) is 0. The lowest BCUT2D eigenvalue weighted by molar-refractivity contribution is 1.58. The highest BCUT2D eigenvalue weighted by Gasteiger charge is 2.30. The zero-order chi connectivity index (χ0) is 44.8. The number of rotatable bonds is 10. The molecule has 0 radical (unpaired) electrons. The molecule has 0 N–H and O–H groups in total. The number of fused-ring (bicyclic) bond motifs is 1. The molecular formula is C60H40N2S5. The van der Waals surface area contributed by atoms with E-state index in [1.807, 2.05) is 45.3 Å². The monoisotopic (exact) mass is 948 g/mol. The molecule has 0 bridgehead atoms. The van der Waals surface area contributed by atoms with Crippen molar-refractivity contribution in [2.75, 3.05) is 0 Å². The average molecular weight is 949 g/mol. The first-order valence-electron chi connectivity index (χ1n) is 22.2. The van der Waals surface area contributed by atoms with Crippen LogP contribution in [0.15, 0.2) is 206 Å². The molecule has 0 saturated carbocycles. The van der Waals surface area contributed by atoms with Crippen molar-refractivity contribution in [3.05, 3.63) is 216 Å². The van der Waals surface area contributed by atoms with Crippen molar-refractivity contribution in [1.82, 2.24) is 8.75 Å². The van der Waals surface area contributed by atoms with E-state index in [0.717, 1.165) is 22.2 Å². The second kappa shape index (κ2) is 17.8. The Morgan fingerprint density at radius 2 is 0.567 bits per heavy atom. The third-order valence-corrected chi connectivity index (χ3v) is 17.9. The topological polar surface area (TPSA) is 25.8 Å². The van der Waals surface area contributed by atoms with Crippen molar-refractivity contribution in [1.29, 1.82) is 0 Å². The van der Waals surface area contributed by atoms with E-state index < -0.39 is 0 Å². The van der Waals surface area contributed by atoms with Crippen LogP contribution in [0.5, 0.6) is 0 Å². The van der Waals surface area contributed by atoms with E-state index in [2.05, 4.69) is 220 Å². The standard InChI is InChI=1S/C60H40N2S5/c1-37-47(39-21-9-3-10-22-39)35-49(63-37)59-53(43-29-17-7-18-30-43)51(41-25-13-5-14-26-41)57(65-59)45-33-34-46(56-55(45)61-67-62-56)58-52(42-27-15-6-16-28-42)54(44-31-19-8-20-32-44)60(66-58)50-36-48(38(2)64-50)40-23-11-4-12-24-40/h3-36H,1-2H3. The smallest absolute Gasteiger partial charge is 0.114 e. The van der Waals surface area contributed by atoms with E-state index in [-0.39, 0.29) is 0 Å². The summed E-state index contributed by atoms with van der Waals surface area (Å²) in [7, 11) is 0. The molecular weight excluding hydrogens is 909 g/mol. The number of nitrogens with zero attached hydrogens (tertiary/aromatic N) is 2. The van der Waals surface area contributed by atoms with Crippen molar-refractivity contribution in [2.45, 2.75) is 13.8 Å². The summed E-state index contributed by atoms with van der Waals surface area (Å²) in [6.45, 7) is 4.50. The van der Waals surface area contributed by atoms with Crippen molar-refractivity contribution >= 4 is 68.1 Å². The van der Waals surface area contributed by atoms with E-state index in [4.69, 9.17) is 8.75 Å². The molecule has 0 aliphatic heterocycles. The van der Waals surface area contributed by atoms with Crippen molar-refractivity contribution in [3.8, 4) is 107 Å². The Hall–Kier alpha value is -6.84. The maximum atomic E-state index is 5.20. The summed E-state index contributed by atoms with van der Waals surface area (Å²) in [6, 6.07) is 74.7. The molecule has 5 aromatic heterocycles. The molecule has 320 valence electrons. The molecule has 0 aliphatic rings. The Balaban J connectivity index is 1.11. The lowest BCUT2D eigenvalue weighted by Gasteiger charge is -2.12. The zero-order valence-electron chi connectivity index (χ0n) is 36.6. The largest absolute Gasteiger partial charge is 0.172 e. The molecule has 7 heteroatoms. The van der Waals surface area contributed by atoms with Gasteiger partial charge in [0.2, 0.25) is 0 Å². The van der Waals surface area contributed by atoms with Crippen LogP contribution >= 0.6 is 57.1 Å². The SMILES string of the molecule is Cc1sc(-c2sc(-c3ccc(-c4sc(-c5cc(-c6ccccc6)c(C)s5)c(-c5ccccc5)c4-c4ccccc4)c4nsnc34)c(-c3ccccc3)c2-c2ccccc2)cc1-c1ccccc1. The lowest BCUT2D eigenvalue weighted by atomic mass is 9.90. The molecule has 67 heavy (non-hydrogen) atoms. The third-order valence-electron chi connectivity index (χ3n) is 12.4. The number of hydrogen-bond donors (Lipinski definition) is 0. The summed E-state index contributed by atoms with van der Waals surface area (Å²) < 4.78 is 10.4. The van der Waals surface area contributed by atoms with Gasteiger partial charge in [-0.05, 0) is 70.5 Å². The second-order valence-corrected chi connectivity index (χ2v) is 21.6. The van der Waals surface area contributed by atoms with E-state index >= 15 is 0 Å². The minimum atomic E-state index is 0.924. The van der Waals surface area contributed by atoms with Gasteiger partial charge >= 0.3 is 0 Å². The van der Waals surface area contributed by atoms with Crippen LogP contribution in [-0.4, -0.2) is 8.75 Å². The molecule has 7 aromatic carbocycles. The van der Waals surface area contributed by atoms with Gasteiger partial charge in [0.25, 0.3) is 0 Å².